The lowest BCUT2D eigenvalue weighted by molar-refractivity contribution is 0.0965. The molecule has 0 bridgehead atoms. The van der Waals surface area contributed by atoms with Crippen LogP contribution in [0.3, 0.4) is 0 Å². The molecule has 1 aliphatic rings. The number of pyridine rings is 1. The van der Waals surface area contributed by atoms with Crippen molar-refractivity contribution in [1.29, 1.82) is 0 Å². The van der Waals surface area contributed by atoms with Crippen molar-refractivity contribution in [1.82, 2.24) is 10.3 Å². The number of benzene rings is 1. The third-order valence-corrected chi connectivity index (χ3v) is 4.50. The van der Waals surface area contributed by atoms with Crippen LogP contribution in [0.15, 0.2) is 42.7 Å². The van der Waals surface area contributed by atoms with E-state index in [-0.39, 0.29) is 24.0 Å². The fourth-order valence-electron chi connectivity index (χ4n) is 3.07. The van der Waals surface area contributed by atoms with Gasteiger partial charge in [-0.25, -0.2) is 4.39 Å². The molecular weight excluding hydrogens is 315 g/mol. The number of nitrogens with zero attached hydrogens (tertiary/aromatic N) is 1. The second kappa shape index (κ2) is 7.39. The van der Waals surface area contributed by atoms with Gasteiger partial charge in [-0.2, -0.15) is 0 Å². The van der Waals surface area contributed by atoms with Gasteiger partial charge in [-0.1, -0.05) is 23.7 Å². The first-order valence-electron chi connectivity index (χ1n) is 7.85. The van der Waals surface area contributed by atoms with Crippen molar-refractivity contribution in [2.24, 2.45) is 0 Å². The predicted octanol–water partition coefficient (Wildman–Crippen LogP) is 3.92. The molecule has 3 rings (SSSR count). The summed E-state index contributed by atoms with van der Waals surface area (Å²) in [5.41, 5.74) is 2.04. The molecule has 3 atom stereocenters. The quantitative estimate of drug-likeness (QED) is 0.899. The van der Waals surface area contributed by atoms with E-state index in [1.54, 1.807) is 12.3 Å². The highest BCUT2D eigenvalue weighted by atomic mass is 35.5. The maximum atomic E-state index is 13.1. The van der Waals surface area contributed by atoms with Crippen molar-refractivity contribution < 1.29 is 9.13 Å². The van der Waals surface area contributed by atoms with E-state index in [0.29, 0.717) is 5.02 Å². The van der Waals surface area contributed by atoms with Gasteiger partial charge in [0.25, 0.3) is 0 Å². The zero-order valence-electron chi connectivity index (χ0n) is 13.0. The molecule has 2 heterocycles. The van der Waals surface area contributed by atoms with Gasteiger partial charge in [0.05, 0.1) is 6.10 Å². The second-order valence-corrected chi connectivity index (χ2v) is 6.39. The van der Waals surface area contributed by atoms with Crippen LogP contribution in [0.25, 0.3) is 0 Å². The Bertz CT molecular complexity index is 653. The third kappa shape index (κ3) is 4.08. The summed E-state index contributed by atoms with van der Waals surface area (Å²) in [6.45, 7) is 2.85. The Kier molecular flexibility index (Phi) is 5.26. The van der Waals surface area contributed by atoms with Gasteiger partial charge < -0.3 is 10.1 Å². The van der Waals surface area contributed by atoms with Crippen molar-refractivity contribution in [3.63, 3.8) is 0 Å². The SMILES string of the molecule is CC(Cc1ccc(F)cc1Cl)N[C@H]1CCO[C@@H]1c1cccnc1. The Balaban J connectivity index is 1.64. The molecule has 0 spiro atoms. The van der Waals surface area contributed by atoms with E-state index in [2.05, 4.69) is 17.2 Å². The topological polar surface area (TPSA) is 34.1 Å². The van der Waals surface area contributed by atoms with E-state index in [9.17, 15) is 4.39 Å². The predicted molar refractivity (Wildman–Crippen MR) is 89.0 cm³/mol. The first kappa shape index (κ1) is 16.4. The highest BCUT2D eigenvalue weighted by Crippen LogP contribution is 2.29. The maximum Gasteiger partial charge on any atom is 0.124 e. The van der Waals surface area contributed by atoms with E-state index in [1.165, 1.54) is 12.1 Å². The summed E-state index contributed by atoms with van der Waals surface area (Å²) in [7, 11) is 0. The summed E-state index contributed by atoms with van der Waals surface area (Å²) in [5.74, 6) is -0.305. The molecule has 1 aromatic carbocycles. The molecule has 5 heteroatoms. The average Bonchev–Trinajstić information content (AvgIpc) is 2.99. The maximum absolute atomic E-state index is 13.1. The Morgan fingerprint density at radius 1 is 1.43 bits per heavy atom. The minimum atomic E-state index is -0.305. The summed E-state index contributed by atoms with van der Waals surface area (Å²) < 4.78 is 19.0. The molecule has 1 fully saturated rings. The number of hydrogen-bond donors (Lipinski definition) is 1. The van der Waals surface area contributed by atoms with Crippen molar-refractivity contribution in [2.75, 3.05) is 6.61 Å². The number of aromatic nitrogens is 1. The fraction of sp³-hybridized carbons (Fsp3) is 0.389. The van der Waals surface area contributed by atoms with E-state index in [0.717, 1.165) is 30.6 Å². The van der Waals surface area contributed by atoms with Crippen LogP contribution >= 0.6 is 11.6 Å². The van der Waals surface area contributed by atoms with Crippen LogP contribution in [0, 0.1) is 5.82 Å². The first-order valence-corrected chi connectivity index (χ1v) is 8.23. The van der Waals surface area contributed by atoms with Gasteiger partial charge in [-0.3, -0.25) is 4.98 Å². The van der Waals surface area contributed by atoms with Crippen LogP contribution in [0.4, 0.5) is 4.39 Å². The number of ether oxygens (including phenoxy) is 1. The minimum absolute atomic E-state index is 0.0230. The van der Waals surface area contributed by atoms with Crippen LogP contribution in [0.2, 0.25) is 5.02 Å². The normalized spacial score (nSPS) is 22.2. The first-order chi connectivity index (χ1) is 11.1. The van der Waals surface area contributed by atoms with Gasteiger partial charge in [-0.05, 0) is 43.5 Å². The van der Waals surface area contributed by atoms with Gasteiger partial charge in [0.15, 0.2) is 0 Å². The van der Waals surface area contributed by atoms with E-state index in [1.807, 2.05) is 18.3 Å². The lowest BCUT2D eigenvalue weighted by Gasteiger charge is -2.24. The van der Waals surface area contributed by atoms with Crippen molar-refractivity contribution in [2.45, 2.75) is 38.0 Å². The minimum Gasteiger partial charge on any atom is -0.372 e. The molecule has 0 saturated carbocycles. The summed E-state index contributed by atoms with van der Waals surface area (Å²) >= 11 is 6.11. The largest absolute Gasteiger partial charge is 0.372 e. The summed E-state index contributed by atoms with van der Waals surface area (Å²) in [6, 6.07) is 8.98. The molecule has 1 N–H and O–H groups in total. The molecule has 3 nitrogen and oxygen atoms in total. The summed E-state index contributed by atoms with van der Waals surface area (Å²) in [4.78, 5) is 4.17. The van der Waals surface area contributed by atoms with Gasteiger partial charge in [0.1, 0.15) is 5.82 Å². The monoisotopic (exact) mass is 334 g/mol. The average molecular weight is 335 g/mol. The van der Waals surface area contributed by atoms with Crippen LogP contribution < -0.4 is 5.32 Å². The molecule has 2 aromatic rings. The smallest absolute Gasteiger partial charge is 0.124 e. The highest BCUT2D eigenvalue weighted by Gasteiger charge is 2.30. The summed E-state index contributed by atoms with van der Waals surface area (Å²) in [6.07, 6.45) is 5.35. The Morgan fingerprint density at radius 2 is 2.30 bits per heavy atom. The van der Waals surface area contributed by atoms with Crippen molar-refractivity contribution >= 4 is 11.6 Å². The molecule has 122 valence electrons. The molecular formula is C18H20ClFN2O. The fourth-order valence-corrected chi connectivity index (χ4v) is 3.32. The molecule has 0 amide bonds. The third-order valence-electron chi connectivity index (χ3n) is 4.14. The Labute approximate surface area is 140 Å². The Hall–Kier alpha value is -1.49. The Morgan fingerprint density at radius 3 is 3.04 bits per heavy atom. The second-order valence-electron chi connectivity index (χ2n) is 5.98. The molecule has 1 aliphatic heterocycles. The number of halogens is 2. The molecule has 23 heavy (non-hydrogen) atoms. The highest BCUT2D eigenvalue weighted by molar-refractivity contribution is 6.31. The van der Waals surface area contributed by atoms with E-state index >= 15 is 0 Å². The van der Waals surface area contributed by atoms with Gasteiger partial charge >= 0.3 is 0 Å². The van der Waals surface area contributed by atoms with Gasteiger partial charge in [0, 0.05) is 41.7 Å². The van der Waals surface area contributed by atoms with Gasteiger partial charge in [0.2, 0.25) is 0 Å². The van der Waals surface area contributed by atoms with E-state index in [4.69, 9.17) is 16.3 Å². The lowest BCUT2D eigenvalue weighted by atomic mass is 10.0. The van der Waals surface area contributed by atoms with Crippen LogP contribution in [-0.4, -0.2) is 23.7 Å². The van der Waals surface area contributed by atoms with Crippen molar-refractivity contribution in [3.8, 4) is 0 Å². The molecule has 1 saturated heterocycles. The molecule has 0 radical (unpaired) electrons. The lowest BCUT2D eigenvalue weighted by Crippen LogP contribution is -2.39. The van der Waals surface area contributed by atoms with Crippen LogP contribution in [0.5, 0.6) is 0 Å². The summed E-state index contributed by atoms with van der Waals surface area (Å²) in [5, 5.41) is 4.09. The van der Waals surface area contributed by atoms with Crippen LogP contribution in [-0.2, 0) is 11.2 Å². The number of nitrogens with one attached hydrogen (secondary N) is 1. The molecule has 1 unspecified atom stereocenters. The van der Waals surface area contributed by atoms with Crippen molar-refractivity contribution in [3.05, 3.63) is 64.7 Å². The number of rotatable bonds is 5. The van der Waals surface area contributed by atoms with Gasteiger partial charge in [-0.15, -0.1) is 0 Å². The number of hydrogen-bond acceptors (Lipinski definition) is 3. The zero-order valence-corrected chi connectivity index (χ0v) is 13.8. The molecule has 1 aromatic heterocycles. The molecule has 0 aliphatic carbocycles. The zero-order chi connectivity index (χ0) is 16.2. The van der Waals surface area contributed by atoms with E-state index < -0.39 is 0 Å². The standard InChI is InChI=1S/C18H20ClFN2O/c1-12(9-13-4-5-15(20)10-16(13)19)22-17-6-8-23-18(17)14-3-2-7-21-11-14/h2-5,7,10-12,17-18,22H,6,8-9H2,1H3/t12?,17-,18+/m0/s1. The van der Waals surface area contributed by atoms with Crippen LogP contribution in [0.1, 0.15) is 30.6 Å².